The quantitative estimate of drug-likeness (QED) is 0.294. The fourth-order valence-electron chi connectivity index (χ4n) is 5.35. The molecule has 6 rings (SSSR count). The summed E-state index contributed by atoms with van der Waals surface area (Å²) in [6.45, 7) is 10.7. The van der Waals surface area contributed by atoms with E-state index in [4.69, 9.17) is 4.98 Å². The highest BCUT2D eigenvalue weighted by Crippen LogP contribution is 2.34. The fraction of sp³-hybridized carbons (Fsp3) is 0.300. The van der Waals surface area contributed by atoms with Crippen molar-refractivity contribution in [3.63, 3.8) is 0 Å². The summed E-state index contributed by atoms with van der Waals surface area (Å²) in [6.07, 6.45) is 1.78. The minimum atomic E-state index is -0.191. The van der Waals surface area contributed by atoms with Crippen LogP contribution in [0, 0.1) is 0 Å². The van der Waals surface area contributed by atoms with Gasteiger partial charge >= 0.3 is 0 Å². The number of fused-ring (bicyclic) bond motifs is 2. The lowest BCUT2D eigenvalue weighted by Crippen LogP contribution is -2.48. The van der Waals surface area contributed by atoms with Gasteiger partial charge in [0.25, 0.3) is 5.56 Å². The summed E-state index contributed by atoms with van der Waals surface area (Å²) >= 11 is 0. The van der Waals surface area contributed by atoms with Gasteiger partial charge in [-0.1, -0.05) is 24.3 Å². The Labute approximate surface area is 221 Å². The molecule has 1 aliphatic heterocycles. The summed E-state index contributed by atoms with van der Waals surface area (Å²) in [4.78, 5) is 34.3. The topological polar surface area (TPSA) is 92.9 Å². The smallest absolute Gasteiger partial charge is 0.261 e. The van der Waals surface area contributed by atoms with Gasteiger partial charge in [-0.25, -0.2) is 4.98 Å². The number of rotatable bonds is 6. The van der Waals surface area contributed by atoms with Crippen molar-refractivity contribution in [3.05, 3.63) is 82.9 Å². The first-order valence-electron chi connectivity index (χ1n) is 13.3. The van der Waals surface area contributed by atoms with Crippen LogP contribution in [0.2, 0.25) is 0 Å². The summed E-state index contributed by atoms with van der Waals surface area (Å²) < 4.78 is 0. The molecule has 5 aromatic rings. The van der Waals surface area contributed by atoms with E-state index in [1.807, 2.05) is 55.5 Å². The Balaban J connectivity index is 1.40. The maximum atomic E-state index is 13.5. The highest BCUT2D eigenvalue weighted by Gasteiger charge is 2.22. The number of anilines is 2. The van der Waals surface area contributed by atoms with Gasteiger partial charge in [-0.15, -0.1) is 0 Å². The molecule has 0 amide bonds. The van der Waals surface area contributed by atoms with Gasteiger partial charge < -0.3 is 20.2 Å². The lowest BCUT2D eigenvalue weighted by molar-refractivity contribution is 0.209. The highest BCUT2D eigenvalue weighted by atomic mass is 16.1. The van der Waals surface area contributed by atoms with Crippen LogP contribution >= 0.6 is 0 Å². The largest absolute Gasteiger partial charge is 0.376 e. The summed E-state index contributed by atoms with van der Waals surface area (Å²) in [5.41, 5.74) is 5.64. The van der Waals surface area contributed by atoms with Crippen LogP contribution in [0.5, 0.6) is 0 Å². The summed E-state index contributed by atoms with van der Waals surface area (Å²) in [5, 5.41) is 4.50. The van der Waals surface area contributed by atoms with Crippen LogP contribution in [0.3, 0.4) is 0 Å². The first-order chi connectivity index (χ1) is 18.5. The molecule has 1 fully saturated rings. The molecule has 1 saturated heterocycles. The predicted molar refractivity (Wildman–Crippen MR) is 155 cm³/mol. The van der Waals surface area contributed by atoms with E-state index in [-0.39, 0.29) is 11.6 Å². The van der Waals surface area contributed by atoms with Crippen molar-refractivity contribution in [2.75, 3.05) is 36.4 Å². The van der Waals surface area contributed by atoms with Crippen molar-refractivity contribution >= 4 is 33.3 Å². The molecule has 0 bridgehead atoms. The second-order valence-corrected chi connectivity index (χ2v) is 10.3. The zero-order valence-electron chi connectivity index (χ0n) is 22.0. The molecule has 0 saturated carbocycles. The predicted octanol–water partition coefficient (Wildman–Crippen LogP) is 5.17. The van der Waals surface area contributed by atoms with Gasteiger partial charge in [0.05, 0.1) is 34.0 Å². The molecule has 0 aliphatic carbocycles. The minimum Gasteiger partial charge on any atom is -0.376 e. The maximum absolute atomic E-state index is 13.5. The van der Waals surface area contributed by atoms with E-state index >= 15 is 0 Å². The van der Waals surface area contributed by atoms with E-state index < -0.39 is 0 Å². The lowest BCUT2D eigenvalue weighted by Gasteiger charge is -2.38. The van der Waals surface area contributed by atoms with Crippen molar-refractivity contribution in [2.24, 2.45) is 0 Å². The third-order valence-electron chi connectivity index (χ3n) is 7.53. The van der Waals surface area contributed by atoms with E-state index in [2.05, 4.69) is 56.0 Å². The molecule has 2 aromatic carbocycles. The molecule has 194 valence electrons. The number of pyridine rings is 2. The van der Waals surface area contributed by atoms with Crippen molar-refractivity contribution in [1.82, 2.24) is 24.8 Å². The molecule has 4 heterocycles. The Morgan fingerprint density at radius 3 is 2.45 bits per heavy atom. The number of aromatic amines is 2. The Hall–Kier alpha value is -4.17. The van der Waals surface area contributed by atoms with E-state index in [0.717, 1.165) is 59.5 Å². The van der Waals surface area contributed by atoms with Crippen LogP contribution in [0.25, 0.3) is 33.3 Å². The summed E-state index contributed by atoms with van der Waals surface area (Å²) in [6, 6.07) is 20.5. The fourth-order valence-corrected chi connectivity index (χ4v) is 5.35. The number of nitrogens with one attached hydrogen (secondary N) is 3. The van der Waals surface area contributed by atoms with Gasteiger partial charge in [-0.3, -0.25) is 14.7 Å². The number of nitrogens with zero attached hydrogens (tertiary/aromatic N) is 4. The van der Waals surface area contributed by atoms with Gasteiger partial charge in [0, 0.05) is 49.5 Å². The number of para-hydroxylation sites is 1. The number of hydrogen-bond donors (Lipinski definition) is 3. The SMILES string of the molecule is CC(Nc1c(-c2nc3ccc(N4CCN(C(C)C)CC4)cc3[nH]2)c(=O)[nH]c2ccccc12)c1ccccn1. The number of imidazole rings is 1. The number of aromatic nitrogens is 4. The zero-order valence-corrected chi connectivity index (χ0v) is 22.0. The Morgan fingerprint density at radius 1 is 0.895 bits per heavy atom. The normalized spacial score (nSPS) is 15.4. The standard InChI is InChI=1S/C30H33N7O/c1-19(2)36-14-16-37(17-15-36)21-11-12-25-26(18-21)34-29(33-25)27-28(32-20(3)23-9-6-7-13-31-23)22-8-4-5-10-24(22)35-30(27)38/h4-13,18-20H,14-17H2,1-3H3,(H,33,34)(H2,32,35,38). The van der Waals surface area contributed by atoms with Crippen LogP contribution < -0.4 is 15.8 Å². The number of H-pyrrole nitrogens is 2. The zero-order chi connectivity index (χ0) is 26.2. The lowest BCUT2D eigenvalue weighted by atomic mass is 10.1. The molecule has 1 aliphatic rings. The van der Waals surface area contributed by atoms with Crippen LogP contribution in [-0.2, 0) is 0 Å². The van der Waals surface area contributed by atoms with Crippen molar-refractivity contribution < 1.29 is 0 Å². The minimum absolute atomic E-state index is 0.111. The molecular formula is C30H33N7O. The van der Waals surface area contributed by atoms with Gasteiger partial charge in [0.2, 0.25) is 0 Å². The average Bonchev–Trinajstić information content (AvgIpc) is 3.36. The number of piperazine rings is 1. The number of benzene rings is 2. The molecule has 8 heteroatoms. The van der Waals surface area contributed by atoms with E-state index in [1.54, 1.807) is 6.20 Å². The molecule has 1 unspecified atom stereocenters. The maximum Gasteiger partial charge on any atom is 0.261 e. The molecule has 0 radical (unpaired) electrons. The highest BCUT2D eigenvalue weighted by molar-refractivity contribution is 5.99. The molecule has 0 spiro atoms. The Morgan fingerprint density at radius 2 is 1.68 bits per heavy atom. The van der Waals surface area contributed by atoms with Crippen molar-refractivity contribution in [1.29, 1.82) is 0 Å². The molecule has 8 nitrogen and oxygen atoms in total. The third kappa shape index (κ3) is 4.52. The molecule has 1 atom stereocenters. The van der Waals surface area contributed by atoms with Gasteiger partial charge in [-0.05, 0) is 57.2 Å². The van der Waals surface area contributed by atoms with Crippen molar-refractivity contribution in [3.8, 4) is 11.4 Å². The van der Waals surface area contributed by atoms with Crippen LogP contribution in [-0.4, -0.2) is 57.1 Å². The van der Waals surface area contributed by atoms with Crippen molar-refractivity contribution in [2.45, 2.75) is 32.9 Å². The van der Waals surface area contributed by atoms with Gasteiger partial charge in [-0.2, -0.15) is 0 Å². The monoisotopic (exact) mass is 507 g/mol. The van der Waals surface area contributed by atoms with Crippen LogP contribution in [0.4, 0.5) is 11.4 Å². The second kappa shape index (κ2) is 9.95. The van der Waals surface area contributed by atoms with Crippen LogP contribution in [0.1, 0.15) is 32.5 Å². The van der Waals surface area contributed by atoms with E-state index in [9.17, 15) is 4.79 Å². The molecule has 3 N–H and O–H groups in total. The average molecular weight is 508 g/mol. The van der Waals surface area contributed by atoms with E-state index in [0.29, 0.717) is 17.4 Å². The first kappa shape index (κ1) is 24.2. The van der Waals surface area contributed by atoms with Gasteiger partial charge in [0.1, 0.15) is 11.4 Å². The molecule has 38 heavy (non-hydrogen) atoms. The molecule has 3 aromatic heterocycles. The molecular weight excluding hydrogens is 474 g/mol. The van der Waals surface area contributed by atoms with E-state index in [1.165, 1.54) is 5.69 Å². The summed E-state index contributed by atoms with van der Waals surface area (Å²) in [7, 11) is 0. The third-order valence-corrected chi connectivity index (χ3v) is 7.53. The first-order valence-corrected chi connectivity index (χ1v) is 13.3. The van der Waals surface area contributed by atoms with Crippen LogP contribution in [0.15, 0.2) is 71.7 Å². The van der Waals surface area contributed by atoms with Gasteiger partial charge in [0.15, 0.2) is 0 Å². The number of hydrogen-bond acceptors (Lipinski definition) is 6. The second-order valence-electron chi connectivity index (χ2n) is 10.3. The summed E-state index contributed by atoms with van der Waals surface area (Å²) in [5.74, 6) is 0.546. The Kier molecular flexibility index (Phi) is 6.33. The Bertz CT molecular complexity index is 1630.